The Kier molecular flexibility index (Phi) is 4.24. The number of aromatic amines is 1. The summed E-state index contributed by atoms with van der Waals surface area (Å²) in [7, 11) is 0. The Morgan fingerprint density at radius 2 is 1.96 bits per heavy atom. The fourth-order valence-corrected chi connectivity index (χ4v) is 2.59. The average molecular weight is 324 g/mol. The smallest absolute Gasteiger partial charge is 0.309 e. The van der Waals surface area contributed by atoms with E-state index in [1.165, 1.54) is 0 Å². The fourth-order valence-electron chi connectivity index (χ4n) is 2.59. The highest BCUT2D eigenvalue weighted by Crippen LogP contribution is 2.12. The van der Waals surface area contributed by atoms with Crippen molar-refractivity contribution in [2.75, 3.05) is 5.32 Å². The topological polar surface area (TPSA) is 96.8 Å². The van der Waals surface area contributed by atoms with Gasteiger partial charge in [0.1, 0.15) is 11.9 Å². The maximum absolute atomic E-state index is 12.7. The first kappa shape index (κ1) is 15.7. The molecular formula is C17H16N4O3. The molecule has 24 heavy (non-hydrogen) atoms. The molecule has 0 unspecified atom stereocenters. The number of carbonyl (C=O) groups is 1. The number of aromatic nitrogens is 3. The summed E-state index contributed by atoms with van der Waals surface area (Å²) >= 11 is 0. The van der Waals surface area contributed by atoms with Gasteiger partial charge in [0.15, 0.2) is 0 Å². The fraction of sp³-hybridized carbons (Fsp3) is 0.176. The SMILES string of the molecule is CC[C@@H](C(=O)Nc1ccccn1)n1c(=O)[nH]c2ccccc2c1=O. The van der Waals surface area contributed by atoms with Crippen LogP contribution in [0.25, 0.3) is 10.9 Å². The van der Waals surface area contributed by atoms with Crippen LogP contribution in [0.4, 0.5) is 5.82 Å². The van der Waals surface area contributed by atoms with E-state index in [-0.39, 0.29) is 0 Å². The molecule has 7 heteroatoms. The highest BCUT2D eigenvalue weighted by molar-refractivity contribution is 5.93. The van der Waals surface area contributed by atoms with Crippen LogP contribution in [-0.2, 0) is 4.79 Å². The van der Waals surface area contributed by atoms with Gasteiger partial charge in [0.05, 0.1) is 10.9 Å². The van der Waals surface area contributed by atoms with Crippen LogP contribution in [0.3, 0.4) is 0 Å². The minimum absolute atomic E-state index is 0.292. The molecule has 122 valence electrons. The van der Waals surface area contributed by atoms with Crippen molar-refractivity contribution in [3.8, 4) is 0 Å². The first-order chi connectivity index (χ1) is 11.6. The van der Waals surface area contributed by atoms with Gasteiger partial charge in [-0.1, -0.05) is 25.1 Å². The lowest BCUT2D eigenvalue weighted by molar-refractivity contribution is -0.119. The molecule has 0 aliphatic carbocycles. The second-order valence-electron chi connectivity index (χ2n) is 5.28. The van der Waals surface area contributed by atoms with Gasteiger partial charge >= 0.3 is 5.69 Å². The average Bonchev–Trinajstić information content (AvgIpc) is 2.59. The molecule has 7 nitrogen and oxygen atoms in total. The molecule has 0 spiro atoms. The van der Waals surface area contributed by atoms with Crippen molar-refractivity contribution < 1.29 is 4.79 Å². The van der Waals surface area contributed by atoms with Crippen molar-refractivity contribution in [1.82, 2.24) is 14.5 Å². The summed E-state index contributed by atoms with van der Waals surface area (Å²) in [4.78, 5) is 44.2. The molecule has 0 fully saturated rings. The third kappa shape index (κ3) is 2.83. The summed E-state index contributed by atoms with van der Waals surface area (Å²) in [5.41, 5.74) is -0.650. The normalized spacial score (nSPS) is 12.0. The molecule has 0 bridgehead atoms. The van der Waals surface area contributed by atoms with Crippen LogP contribution < -0.4 is 16.6 Å². The Balaban J connectivity index is 2.05. The number of hydrogen-bond donors (Lipinski definition) is 2. The van der Waals surface area contributed by atoms with Crippen molar-refractivity contribution in [3.63, 3.8) is 0 Å². The molecule has 3 aromatic rings. The zero-order valence-corrected chi connectivity index (χ0v) is 13.0. The number of benzene rings is 1. The first-order valence-corrected chi connectivity index (χ1v) is 7.57. The predicted octanol–water partition coefficient (Wildman–Crippen LogP) is 1.67. The molecule has 2 aromatic heterocycles. The molecular weight excluding hydrogens is 308 g/mol. The van der Waals surface area contributed by atoms with Gasteiger partial charge < -0.3 is 10.3 Å². The molecule has 0 aliphatic rings. The summed E-state index contributed by atoms with van der Waals surface area (Å²) < 4.78 is 0.959. The van der Waals surface area contributed by atoms with Crippen molar-refractivity contribution in [2.45, 2.75) is 19.4 Å². The molecule has 2 N–H and O–H groups in total. The number of H-pyrrole nitrogens is 1. The number of anilines is 1. The largest absolute Gasteiger partial charge is 0.329 e. The zero-order valence-electron chi connectivity index (χ0n) is 13.0. The first-order valence-electron chi connectivity index (χ1n) is 7.57. The number of hydrogen-bond acceptors (Lipinski definition) is 4. The van der Waals surface area contributed by atoms with Gasteiger partial charge in [-0.2, -0.15) is 0 Å². The van der Waals surface area contributed by atoms with Crippen LogP contribution in [0.15, 0.2) is 58.3 Å². The van der Waals surface area contributed by atoms with Crippen LogP contribution in [-0.4, -0.2) is 20.4 Å². The van der Waals surface area contributed by atoms with Crippen LogP contribution in [0.2, 0.25) is 0 Å². The van der Waals surface area contributed by atoms with Crippen LogP contribution in [0.5, 0.6) is 0 Å². The van der Waals surface area contributed by atoms with E-state index in [2.05, 4.69) is 15.3 Å². The van der Waals surface area contributed by atoms with E-state index in [1.54, 1.807) is 55.6 Å². The lowest BCUT2D eigenvalue weighted by Crippen LogP contribution is -2.42. The second-order valence-corrected chi connectivity index (χ2v) is 5.28. The van der Waals surface area contributed by atoms with Gasteiger partial charge in [-0.05, 0) is 30.7 Å². The van der Waals surface area contributed by atoms with Crippen LogP contribution in [0, 0.1) is 0 Å². The molecule has 0 saturated carbocycles. The standard InChI is InChI=1S/C17H16N4O3/c1-2-13(15(22)20-14-9-5-6-10-18-14)21-16(23)11-7-3-4-8-12(11)19-17(21)24/h3-10,13H,2H2,1H3,(H,19,24)(H,18,20,22)/t13-/m0/s1. The number of carbonyl (C=O) groups excluding carboxylic acids is 1. The van der Waals surface area contributed by atoms with Crippen molar-refractivity contribution >= 4 is 22.6 Å². The molecule has 1 amide bonds. The molecule has 0 aliphatic heterocycles. The lowest BCUT2D eigenvalue weighted by Gasteiger charge is -2.17. The Morgan fingerprint density at radius 1 is 1.21 bits per heavy atom. The van der Waals surface area contributed by atoms with Gasteiger partial charge in [-0.25, -0.2) is 14.3 Å². The van der Waals surface area contributed by atoms with E-state index < -0.39 is 23.2 Å². The minimum Gasteiger partial charge on any atom is -0.309 e. The molecule has 1 aromatic carbocycles. The van der Waals surface area contributed by atoms with E-state index in [1.807, 2.05) is 0 Å². The number of fused-ring (bicyclic) bond motifs is 1. The summed E-state index contributed by atoms with van der Waals surface area (Å²) in [6.07, 6.45) is 1.84. The lowest BCUT2D eigenvalue weighted by atomic mass is 10.2. The highest BCUT2D eigenvalue weighted by atomic mass is 16.2. The highest BCUT2D eigenvalue weighted by Gasteiger charge is 2.23. The maximum Gasteiger partial charge on any atom is 0.329 e. The molecule has 3 rings (SSSR count). The third-order valence-corrected chi connectivity index (χ3v) is 3.75. The summed E-state index contributed by atoms with van der Waals surface area (Å²) in [5.74, 6) is -0.0923. The predicted molar refractivity (Wildman–Crippen MR) is 91.0 cm³/mol. The number of nitrogens with zero attached hydrogens (tertiary/aromatic N) is 2. The molecule has 0 saturated heterocycles. The monoisotopic (exact) mass is 324 g/mol. The van der Waals surface area contributed by atoms with Crippen LogP contribution in [0.1, 0.15) is 19.4 Å². The van der Waals surface area contributed by atoms with E-state index in [4.69, 9.17) is 0 Å². The number of pyridine rings is 1. The Morgan fingerprint density at radius 3 is 2.67 bits per heavy atom. The Hall–Kier alpha value is -3.22. The van der Waals surface area contributed by atoms with Gasteiger partial charge in [0.25, 0.3) is 5.56 Å². The van der Waals surface area contributed by atoms with Crippen LogP contribution >= 0.6 is 0 Å². The van der Waals surface area contributed by atoms with Gasteiger partial charge in [-0.3, -0.25) is 9.59 Å². The molecule has 1 atom stereocenters. The number of amides is 1. The molecule has 0 radical (unpaired) electrons. The number of rotatable bonds is 4. The summed E-state index contributed by atoms with van der Waals surface area (Å²) in [6, 6.07) is 10.9. The summed E-state index contributed by atoms with van der Waals surface area (Å²) in [6.45, 7) is 1.74. The van der Waals surface area contributed by atoms with Gasteiger partial charge in [0, 0.05) is 6.20 Å². The Labute approximate surface area is 137 Å². The molecule has 2 heterocycles. The second kappa shape index (κ2) is 6.49. The Bertz CT molecular complexity index is 992. The van der Waals surface area contributed by atoms with E-state index >= 15 is 0 Å². The van der Waals surface area contributed by atoms with E-state index in [0.717, 1.165) is 4.57 Å². The van der Waals surface area contributed by atoms with Gasteiger partial charge in [0.2, 0.25) is 5.91 Å². The van der Waals surface area contributed by atoms with E-state index in [9.17, 15) is 14.4 Å². The minimum atomic E-state index is -0.923. The van der Waals surface area contributed by atoms with Crippen molar-refractivity contribution in [2.24, 2.45) is 0 Å². The number of para-hydroxylation sites is 1. The van der Waals surface area contributed by atoms with Crippen molar-refractivity contribution in [1.29, 1.82) is 0 Å². The zero-order chi connectivity index (χ0) is 17.1. The van der Waals surface area contributed by atoms with E-state index in [0.29, 0.717) is 23.1 Å². The maximum atomic E-state index is 12.7. The number of nitrogens with one attached hydrogen (secondary N) is 2. The van der Waals surface area contributed by atoms with Gasteiger partial charge in [-0.15, -0.1) is 0 Å². The summed E-state index contributed by atoms with van der Waals surface area (Å²) in [5, 5.41) is 2.99. The third-order valence-electron chi connectivity index (χ3n) is 3.75. The quantitative estimate of drug-likeness (QED) is 0.763. The van der Waals surface area contributed by atoms with Crippen molar-refractivity contribution in [3.05, 3.63) is 69.5 Å².